The van der Waals surface area contributed by atoms with Crippen molar-refractivity contribution in [2.45, 2.75) is 0 Å². The normalized spacial score (nSPS) is 12.0. The van der Waals surface area contributed by atoms with Crippen molar-refractivity contribution < 1.29 is 4.42 Å². The predicted molar refractivity (Wildman–Crippen MR) is 81.9 cm³/mol. The standard InChI is InChI=1S/C17H10N2O2/c20-17-16-12(11-4-1-2-6-15(11)21-17)10-14-13-5-3-7-18(13)8-9-19(14)16/h1-10H. The Kier molecular flexibility index (Phi) is 1.81. The summed E-state index contributed by atoms with van der Waals surface area (Å²) < 4.78 is 9.40. The van der Waals surface area contributed by atoms with Crippen LogP contribution < -0.4 is 5.63 Å². The van der Waals surface area contributed by atoms with Gasteiger partial charge in [-0.2, -0.15) is 0 Å². The number of hydrogen-bond donors (Lipinski definition) is 0. The average Bonchev–Trinajstić information content (AvgIpc) is 3.11. The van der Waals surface area contributed by atoms with Crippen molar-refractivity contribution >= 4 is 32.9 Å². The number of rotatable bonds is 0. The van der Waals surface area contributed by atoms with Gasteiger partial charge in [0.05, 0.1) is 11.0 Å². The van der Waals surface area contributed by atoms with E-state index in [1.807, 2.05) is 63.8 Å². The third-order valence-electron chi connectivity index (χ3n) is 4.03. The highest BCUT2D eigenvalue weighted by atomic mass is 16.4. The number of fused-ring (bicyclic) bond motifs is 7. The van der Waals surface area contributed by atoms with E-state index >= 15 is 0 Å². The van der Waals surface area contributed by atoms with Crippen LogP contribution in [0.1, 0.15) is 0 Å². The Morgan fingerprint density at radius 1 is 0.857 bits per heavy atom. The number of aromatic nitrogens is 2. The quantitative estimate of drug-likeness (QED) is 0.406. The molecule has 0 unspecified atom stereocenters. The molecular formula is C17H10N2O2. The minimum atomic E-state index is -0.306. The van der Waals surface area contributed by atoms with E-state index in [4.69, 9.17) is 4.42 Å². The van der Waals surface area contributed by atoms with Gasteiger partial charge in [0.2, 0.25) is 0 Å². The van der Waals surface area contributed by atoms with Crippen molar-refractivity contribution in [1.82, 2.24) is 8.80 Å². The van der Waals surface area contributed by atoms with Crippen LogP contribution in [0, 0.1) is 0 Å². The Morgan fingerprint density at radius 3 is 2.71 bits per heavy atom. The second kappa shape index (κ2) is 3.55. The summed E-state index contributed by atoms with van der Waals surface area (Å²) in [7, 11) is 0. The number of benzene rings is 1. The summed E-state index contributed by atoms with van der Waals surface area (Å²) in [6.07, 6.45) is 5.83. The molecule has 5 aromatic rings. The Bertz CT molecular complexity index is 1210. The number of para-hydroxylation sites is 1. The van der Waals surface area contributed by atoms with Crippen LogP contribution in [0.15, 0.2) is 70.3 Å². The van der Waals surface area contributed by atoms with Gasteiger partial charge >= 0.3 is 5.63 Å². The van der Waals surface area contributed by atoms with Crippen molar-refractivity contribution in [3.05, 3.63) is 71.5 Å². The number of hydrogen-bond acceptors (Lipinski definition) is 2. The lowest BCUT2D eigenvalue weighted by molar-refractivity contribution is 0.567. The zero-order chi connectivity index (χ0) is 14.0. The first-order valence-corrected chi connectivity index (χ1v) is 6.75. The maximum Gasteiger partial charge on any atom is 0.361 e. The predicted octanol–water partition coefficient (Wildman–Crippen LogP) is 3.45. The third-order valence-corrected chi connectivity index (χ3v) is 4.03. The monoisotopic (exact) mass is 274 g/mol. The molecule has 4 heterocycles. The van der Waals surface area contributed by atoms with Gasteiger partial charge in [-0.1, -0.05) is 18.2 Å². The van der Waals surface area contributed by atoms with E-state index < -0.39 is 0 Å². The zero-order valence-electron chi connectivity index (χ0n) is 11.0. The van der Waals surface area contributed by atoms with Crippen LogP contribution in [0.3, 0.4) is 0 Å². The topological polar surface area (TPSA) is 39.0 Å². The fourth-order valence-corrected chi connectivity index (χ4v) is 3.10. The van der Waals surface area contributed by atoms with Crippen LogP contribution in [-0.2, 0) is 0 Å². The minimum Gasteiger partial charge on any atom is -0.421 e. The molecule has 0 amide bonds. The minimum absolute atomic E-state index is 0.306. The first kappa shape index (κ1) is 10.7. The molecule has 0 atom stereocenters. The summed E-state index contributed by atoms with van der Waals surface area (Å²) in [4.78, 5) is 12.3. The maximum absolute atomic E-state index is 12.3. The summed E-state index contributed by atoms with van der Waals surface area (Å²) in [6, 6.07) is 13.7. The van der Waals surface area contributed by atoms with Gasteiger partial charge in [0.1, 0.15) is 11.1 Å². The molecule has 0 spiro atoms. The van der Waals surface area contributed by atoms with Crippen molar-refractivity contribution in [2.24, 2.45) is 0 Å². The van der Waals surface area contributed by atoms with Gasteiger partial charge in [-0.3, -0.25) is 0 Å². The summed E-state index contributed by atoms with van der Waals surface area (Å²) in [5.41, 5.74) is 2.97. The third kappa shape index (κ3) is 1.26. The highest BCUT2D eigenvalue weighted by Gasteiger charge is 2.13. The highest BCUT2D eigenvalue weighted by Crippen LogP contribution is 2.27. The van der Waals surface area contributed by atoms with Gasteiger partial charge in [0.15, 0.2) is 0 Å². The Hall–Kier alpha value is -3.01. The summed E-state index contributed by atoms with van der Waals surface area (Å²) in [6.45, 7) is 0. The molecule has 4 aromatic heterocycles. The van der Waals surface area contributed by atoms with Gasteiger partial charge in [-0.15, -0.1) is 0 Å². The van der Waals surface area contributed by atoms with E-state index in [9.17, 15) is 4.79 Å². The van der Waals surface area contributed by atoms with Crippen LogP contribution in [0.25, 0.3) is 32.9 Å². The molecule has 0 N–H and O–H groups in total. The first-order valence-electron chi connectivity index (χ1n) is 6.75. The lowest BCUT2D eigenvalue weighted by Crippen LogP contribution is -2.02. The van der Waals surface area contributed by atoms with E-state index in [0.717, 1.165) is 21.8 Å². The summed E-state index contributed by atoms with van der Waals surface area (Å²) in [5, 5.41) is 1.89. The molecule has 0 aliphatic rings. The van der Waals surface area contributed by atoms with Crippen LogP contribution in [0.5, 0.6) is 0 Å². The molecule has 0 fully saturated rings. The lowest BCUT2D eigenvalue weighted by atomic mass is 10.1. The van der Waals surface area contributed by atoms with Crippen LogP contribution in [-0.4, -0.2) is 8.80 Å². The molecule has 100 valence electrons. The molecule has 0 radical (unpaired) electrons. The smallest absolute Gasteiger partial charge is 0.361 e. The van der Waals surface area contributed by atoms with Crippen molar-refractivity contribution in [3.63, 3.8) is 0 Å². The molecule has 1 aromatic carbocycles. The van der Waals surface area contributed by atoms with E-state index in [0.29, 0.717) is 11.1 Å². The molecular weight excluding hydrogens is 264 g/mol. The Morgan fingerprint density at radius 2 is 1.76 bits per heavy atom. The second-order valence-corrected chi connectivity index (χ2v) is 5.15. The van der Waals surface area contributed by atoms with E-state index in [1.54, 1.807) is 0 Å². The van der Waals surface area contributed by atoms with Crippen LogP contribution >= 0.6 is 0 Å². The van der Waals surface area contributed by atoms with Crippen molar-refractivity contribution in [1.29, 1.82) is 0 Å². The fraction of sp³-hybridized carbons (Fsp3) is 0. The zero-order valence-corrected chi connectivity index (χ0v) is 11.0. The molecule has 4 heteroatoms. The van der Waals surface area contributed by atoms with Gasteiger partial charge in [-0.05, 0) is 24.3 Å². The van der Waals surface area contributed by atoms with Gasteiger partial charge in [0.25, 0.3) is 0 Å². The Balaban J connectivity index is 2.18. The molecule has 0 bridgehead atoms. The molecule has 5 rings (SSSR count). The van der Waals surface area contributed by atoms with E-state index in [2.05, 4.69) is 6.07 Å². The molecule has 0 saturated heterocycles. The molecule has 4 nitrogen and oxygen atoms in total. The largest absolute Gasteiger partial charge is 0.421 e. The molecule has 0 aliphatic heterocycles. The number of nitrogens with zero attached hydrogens (tertiary/aromatic N) is 2. The van der Waals surface area contributed by atoms with Gasteiger partial charge in [-0.25, -0.2) is 4.79 Å². The SMILES string of the molecule is O=c1oc2ccccc2c2cc3c4cccn4ccn3c12. The van der Waals surface area contributed by atoms with Crippen LogP contribution in [0.2, 0.25) is 0 Å². The van der Waals surface area contributed by atoms with E-state index in [-0.39, 0.29) is 5.63 Å². The van der Waals surface area contributed by atoms with Crippen LogP contribution in [0.4, 0.5) is 0 Å². The first-order chi connectivity index (χ1) is 10.3. The van der Waals surface area contributed by atoms with Gasteiger partial charge in [0, 0.05) is 29.4 Å². The molecule has 0 saturated carbocycles. The van der Waals surface area contributed by atoms with Crippen molar-refractivity contribution in [3.8, 4) is 0 Å². The van der Waals surface area contributed by atoms with Crippen molar-refractivity contribution in [2.75, 3.05) is 0 Å². The van der Waals surface area contributed by atoms with Gasteiger partial charge < -0.3 is 13.2 Å². The average molecular weight is 274 g/mol. The molecule has 21 heavy (non-hydrogen) atoms. The van der Waals surface area contributed by atoms with E-state index in [1.165, 1.54) is 0 Å². The maximum atomic E-state index is 12.3. The summed E-state index contributed by atoms with van der Waals surface area (Å²) >= 11 is 0. The highest BCUT2D eigenvalue weighted by molar-refractivity contribution is 6.07. The summed E-state index contributed by atoms with van der Waals surface area (Å²) in [5.74, 6) is 0. The fourth-order valence-electron chi connectivity index (χ4n) is 3.10. The lowest BCUT2D eigenvalue weighted by Gasteiger charge is -2.00. The molecule has 0 aliphatic carbocycles. The second-order valence-electron chi connectivity index (χ2n) is 5.15. The Labute approximate surface area is 118 Å².